The van der Waals surface area contributed by atoms with Crippen LogP contribution in [-0.4, -0.2) is 30.2 Å². The number of benzene rings is 2. The van der Waals surface area contributed by atoms with Crippen molar-refractivity contribution >= 4 is 32.4 Å². The molecule has 8 heteroatoms. The highest BCUT2D eigenvalue weighted by Gasteiger charge is 2.24. The highest BCUT2D eigenvalue weighted by atomic mass is 32.2. The summed E-state index contributed by atoms with van der Waals surface area (Å²) in [5.41, 5.74) is 2.42. The van der Waals surface area contributed by atoms with E-state index in [-0.39, 0.29) is 10.8 Å². The smallest absolute Gasteiger partial charge is 0.257 e. The second kappa shape index (κ2) is 9.30. The minimum absolute atomic E-state index is 0.173. The van der Waals surface area contributed by atoms with Crippen LogP contribution in [-0.2, 0) is 29.4 Å². The number of rotatable bonds is 7. The van der Waals surface area contributed by atoms with Gasteiger partial charge in [0.05, 0.1) is 10.6 Å². The van der Waals surface area contributed by atoms with Crippen molar-refractivity contribution in [2.75, 3.05) is 11.9 Å². The highest BCUT2D eigenvalue weighted by Crippen LogP contribution is 2.30. The number of sulfonamides is 1. The summed E-state index contributed by atoms with van der Waals surface area (Å²) in [6, 6.07) is 15.6. The second-order valence-corrected chi connectivity index (χ2v) is 10.5. The number of fused-ring (bicyclic) bond motifs is 1. The van der Waals surface area contributed by atoms with Crippen molar-refractivity contribution in [1.82, 2.24) is 9.29 Å². The lowest BCUT2D eigenvalue weighted by Crippen LogP contribution is -2.30. The molecule has 0 radical (unpaired) electrons. The van der Waals surface area contributed by atoms with Crippen LogP contribution in [0.25, 0.3) is 0 Å². The minimum Gasteiger partial charge on any atom is -0.298 e. The maximum atomic E-state index is 13.1. The van der Waals surface area contributed by atoms with Crippen molar-refractivity contribution in [3.63, 3.8) is 0 Å². The summed E-state index contributed by atoms with van der Waals surface area (Å²) >= 11 is 1.53. The van der Waals surface area contributed by atoms with E-state index >= 15 is 0 Å². The summed E-state index contributed by atoms with van der Waals surface area (Å²) in [4.78, 5) is 18.6. The van der Waals surface area contributed by atoms with E-state index in [4.69, 9.17) is 0 Å². The Morgan fingerprint density at radius 2 is 1.77 bits per heavy atom. The maximum Gasteiger partial charge on any atom is 0.257 e. The number of nitrogens with one attached hydrogen (secondary N) is 1. The van der Waals surface area contributed by atoms with Gasteiger partial charge in [0.15, 0.2) is 5.13 Å². The van der Waals surface area contributed by atoms with Crippen LogP contribution in [0.4, 0.5) is 5.13 Å². The highest BCUT2D eigenvalue weighted by molar-refractivity contribution is 7.89. The molecule has 1 aromatic heterocycles. The van der Waals surface area contributed by atoms with E-state index in [1.807, 2.05) is 37.3 Å². The molecular formula is C23H25N3O3S2. The average Bonchev–Trinajstić information content (AvgIpc) is 3.20. The molecule has 1 heterocycles. The van der Waals surface area contributed by atoms with Crippen LogP contribution in [0.2, 0.25) is 0 Å². The van der Waals surface area contributed by atoms with Crippen molar-refractivity contribution in [2.24, 2.45) is 0 Å². The number of anilines is 1. The first-order chi connectivity index (χ1) is 15.0. The quantitative estimate of drug-likeness (QED) is 0.569. The molecule has 0 bridgehead atoms. The Hall–Kier alpha value is -2.55. The number of amides is 1. The fourth-order valence-corrected chi connectivity index (χ4v) is 6.14. The molecule has 1 aliphatic rings. The van der Waals surface area contributed by atoms with Crippen molar-refractivity contribution < 1.29 is 13.2 Å². The van der Waals surface area contributed by atoms with Crippen molar-refractivity contribution in [3.05, 3.63) is 76.3 Å². The fourth-order valence-electron chi connectivity index (χ4n) is 3.66. The van der Waals surface area contributed by atoms with E-state index in [1.165, 1.54) is 32.7 Å². The first-order valence-electron chi connectivity index (χ1n) is 10.4. The molecule has 4 rings (SSSR count). The summed E-state index contributed by atoms with van der Waals surface area (Å²) in [7, 11) is -3.66. The third-order valence-electron chi connectivity index (χ3n) is 5.37. The predicted molar refractivity (Wildman–Crippen MR) is 123 cm³/mol. The molecule has 3 aromatic rings. The third kappa shape index (κ3) is 4.87. The van der Waals surface area contributed by atoms with Crippen LogP contribution in [0.1, 0.15) is 46.3 Å². The normalized spacial score (nSPS) is 13.7. The molecule has 0 aliphatic heterocycles. The van der Waals surface area contributed by atoms with E-state index < -0.39 is 10.0 Å². The summed E-state index contributed by atoms with van der Waals surface area (Å²) in [5, 5.41) is 3.45. The van der Waals surface area contributed by atoms with Crippen LogP contribution in [0.15, 0.2) is 59.5 Å². The number of aryl methyl sites for hydroxylation is 2. The number of aromatic nitrogens is 1. The number of carbonyl (C=O) groups excluding carboxylic acids is 1. The van der Waals surface area contributed by atoms with E-state index in [1.54, 1.807) is 12.1 Å². The number of hydrogen-bond donors (Lipinski definition) is 1. The van der Waals surface area contributed by atoms with Gasteiger partial charge in [0, 0.05) is 23.5 Å². The first-order valence-corrected chi connectivity index (χ1v) is 12.7. The largest absolute Gasteiger partial charge is 0.298 e. The van der Waals surface area contributed by atoms with Gasteiger partial charge < -0.3 is 0 Å². The number of nitrogens with zero attached hydrogens (tertiary/aromatic N) is 2. The lowest BCUT2D eigenvalue weighted by atomic mass is 10.0. The Morgan fingerprint density at radius 1 is 1.06 bits per heavy atom. The predicted octanol–water partition coefficient (Wildman–Crippen LogP) is 4.49. The van der Waals surface area contributed by atoms with Crippen LogP contribution in [0.3, 0.4) is 0 Å². The van der Waals surface area contributed by atoms with Crippen molar-refractivity contribution in [2.45, 2.75) is 44.0 Å². The zero-order valence-corrected chi connectivity index (χ0v) is 19.0. The summed E-state index contributed by atoms with van der Waals surface area (Å²) in [6.45, 7) is 2.47. The van der Waals surface area contributed by atoms with E-state index in [0.717, 1.165) is 36.9 Å². The molecule has 1 aliphatic carbocycles. The van der Waals surface area contributed by atoms with Gasteiger partial charge in [0.25, 0.3) is 5.91 Å². The summed E-state index contributed by atoms with van der Waals surface area (Å²) < 4.78 is 27.6. The van der Waals surface area contributed by atoms with Gasteiger partial charge in [-0.1, -0.05) is 37.3 Å². The van der Waals surface area contributed by atoms with Gasteiger partial charge >= 0.3 is 0 Å². The van der Waals surface area contributed by atoms with Gasteiger partial charge in [-0.25, -0.2) is 13.4 Å². The molecule has 0 saturated carbocycles. The summed E-state index contributed by atoms with van der Waals surface area (Å²) in [5.74, 6) is -0.285. The molecule has 0 spiro atoms. The van der Waals surface area contributed by atoms with Gasteiger partial charge in [-0.3, -0.25) is 10.1 Å². The van der Waals surface area contributed by atoms with E-state index in [9.17, 15) is 13.2 Å². The molecule has 162 valence electrons. The van der Waals surface area contributed by atoms with Crippen LogP contribution >= 0.6 is 11.3 Å². The Labute approximate surface area is 187 Å². The van der Waals surface area contributed by atoms with Crippen molar-refractivity contribution in [3.8, 4) is 0 Å². The molecule has 31 heavy (non-hydrogen) atoms. The third-order valence-corrected chi connectivity index (χ3v) is 8.38. The molecule has 2 aromatic carbocycles. The minimum atomic E-state index is -3.66. The summed E-state index contributed by atoms with van der Waals surface area (Å²) in [6.07, 6.45) is 4.29. The average molecular weight is 456 g/mol. The Balaban J connectivity index is 1.47. The Morgan fingerprint density at radius 3 is 2.45 bits per heavy atom. The van der Waals surface area contributed by atoms with Crippen LogP contribution < -0.4 is 5.32 Å². The molecule has 6 nitrogen and oxygen atoms in total. The lowest BCUT2D eigenvalue weighted by molar-refractivity contribution is 0.102. The van der Waals surface area contributed by atoms with E-state index in [0.29, 0.717) is 23.8 Å². The van der Waals surface area contributed by atoms with Crippen molar-refractivity contribution in [1.29, 1.82) is 0 Å². The fraction of sp³-hybridized carbons (Fsp3) is 0.304. The topological polar surface area (TPSA) is 79.4 Å². The first kappa shape index (κ1) is 21.7. The molecule has 1 amide bonds. The zero-order valence-electron chi connectivity index (χ0n) is 17.4. The van der Waals surface area contributed by atoms with Crippen LogP contribution in [0.5, 0.6) is 0 Å². The molecular weight excluding hydrogens is 430 g/mol. The monoisotopic (exact) mass is 455 g/mol. The standard InChI is InChI=1S/C23H25N3O3S2/c1-2-26(16-17-8-4-3-5-9-17)31(28,29)19-14-12-18(13-15-19)22(27)25-23-24-20-10-6-7-11-21(20)30-23/h3-5,8-9,12-15H,2,6-7,10-11,16H2,1H3,(H,24,25,27). The van der Waals surface area contributed by atoms with E-state index in [2.05, 4.69) is 10.3 Å². The molecule has 1 N–H and O–H groups in total. The number of hydrogen-bond acceptors (Lipinski definition) is 5. The second-order valence-electron chi connectivity index (χ2n) is 7.49. The zero-order chi connectivity index (χ0) is 21.8. The Kier molecular flexibility index (Phi) is 6.50. The van der Waals surface area contributed by atoms with Gasteiger partial charge in [0.1, 0.15) is 0 Å². The van der Waals surface area contributed by atoms with Gasteiger partial charge in [-0.2, -0.15) is 4.31 Å². The maximum absolute atomic E-state index is 13.1. The molecule has 0 atom stereocenters. The van der Waals surface area contributed by atoms with Gasteiger partial charge in [0.2, 0.25) is 10.0 Å². The Bertz CT molecular complexity index is 1130. The number of carbonyl (C=O) groups is 1. The van der Waals surface area contributed by atoms with Gasteiger partial charge in [-0.15, -0.1) is 11.3 Å². The van der Waals surface area contributed by atoms with Crippen LogP contribution in [0, 0.1) is 0 Å². The molecule has 0 fully saturated rings. The number of thiazole rings is 1. The SMILES string of the molecule is CCN(Cc1ccccc1)S(=O)(=O)c1ccc(C(=O)Nc2nc3c(s2)CCCC3)cc1. The molecule has 0 unspecified atom stereocenters. The molecule has 0 saturated heterocycles. The van der Waals surface area contributed by atoms with Gasteiger partial charge in [-0.05, 0) is 55.5 Å². The lowest BCUT2D eigenvalue weighted by Gasteiger charge is -2.20.